The van der Waals surface area contributed by atoms with Crippen molar-refractivity contribution < 1.29 is 0 Å². The second kappa shape index (κ2) is 3.07. The summed E-state index contributed by atoms with van der Waals surface area (Å²) in [7, 11) is 0. The lowest BCUT2D eigenvalue weighted by atomic mass is 10.1. The molecule has 0 spiro atoms. The van der Waals surface area contributed by atoms with E-state index >= 15 is 0 Å². The van der Waals surface area contributed by atoms with Gasteiger partial charge in [-0.1, -0.05) is 31.2 Å². The Morgan fingerprint density at radius 1 is 1.33 bits per heavy atom. The van der Waals surface area contributed by atoms with Gasteiger partial charge in [-0.2, -0.15) is 0 Å². The van der Waals surface area contributed by atoms with Crippen molar-refractivity contribution in [1.29, 1.82) is 0 Å². The summed E-state index contributed by atoms with van der Waals surface area (Å²) < 4.78 is 0. The lowest BCUT2D eigenvalue weighted by Crippen LogP contribution is -1.84. The van der Waals surface area contributed by atoms with E-state index in [0.29, 0.717) is 5.92 Å². The molecule has 2 atom stereocenters. The lowest BCUT2D eigenvalue weighted by Gasteiger charge is -1.95. The summed E-state index contributed by atoms with van der Waals surface area (Å²) in [6, 6.07) is 0. The Balaban J connectivity index is 2.58. The van der Waals surface area contributed by atoms with E-state index in [1.807, 2.05) is 12.2 Å². The maximum absolute atomic E-state index is 5.81. The van der Waals surface area contributed by atoms with E-state index in [4.69, 9.17) is 11.6 Å². The monoisotopic (exact) mass is 142 g/mol. The van der Waals surface area contributed by atoms with Crippen molar-refractivity contribution in [2.75, 3.05) is 0 Å². The highest BCUT2D eigenvalue weighted by atomic mass is 35.5. The molecule has 0 aromatic rings. The first kappa shape index (κ1) is 6.88. The van der Waals surface area contributed by atoms with Crippen molar-refractivity contribution in [3.05, 3.63) is 24.3 Å². The van der Waals surface area contributed by atoms with Crippen LogP contribution in [0.15, 0.2) is 24.3 Å². The summed E-state index contributed by atoms with van der Waals surface area (Å²) in [5, 5.41) is 0.120. The zero-order valence-electron chi connectivity index (χ0n) is 5.55. The van der Waals surface area contributed by atoms with Crippen LogP contribution in [-0.4, -0.2) is 5.38 Å². The molecule has 0 amide bonds. The first-order valence-corrected chi connectivity index (χ1v) is 3.72. The number of hydrogen-bond donors (Lipinski definition) is 0. The van der Waals surface area contributed by atoms with Gasteiger partial charge in [0.25, 0.3) is 0 Å². The molecule has 0 radical (unpaired) electrons. The van der Waals surface area contributed by atoms with Crippen molar-refractivity contribution in [1.82, 2.24) is 0 Å². The second-order valence-corrected chi connectivity index (χ2v) is 2.97. The van der Waals surface area contributed by atoms with Crippen LogP contribution >= 0.6 is 11.6 Å². The number of allylic oxidation sites excluding steroid dienone is 4. The Morgan fingerprint density at radius 2 is 2.11 bits per heavy atom. The average molecular weight is 143 g/mol. The summed E-state index contributed by atoms with van der Waals surface area (Å²) in [5.41, 5.74) is 0. The van der Waals surface area contributed by atoms with Gasteiger partial charge in [0.15, 0.2) is 0 Å². The van der Waals surface area contributed by atoms with Crippen LogP contribution in [0.2, 0.25) is 0 Å². The quantitative estimate of drug-likeness (QED) is 0.361. The van der Waals surface area contributed by atoms with Crippen molar-refractivity contribution >= 4 is 11.6 Å². The third kappa shape index (κ3) is 2.23. The van der Waals surface area contributed by atoms with Gasteiger partial charge in [0, 0.05) is 0 Å². The maximum atomic E-state index is 5.81. The fourth-order valence-electron chi connectivity index (χ4n) is 0.862. The van der Waals surface area contributed by atoms with E-state index in [1.54, 1.807) is 0 Å². The van der Waals surface area contributed by atoms with Crippen LogP contribution in [0.4, 0.5) is 0 Å². The molecule has 0 N–H and O–H groups in total. The Morgan fingerprint density at radius 3 is 2.89 bits per heavy atom. The molecule has 0 heterocycles. The minimum Gasteiger partial charge on any atom is -0.114 e. The molecular weight excluding hydrogens is 132 g/mol. The van der Waals surface area contributed by atoms with Crippen LogP contribution in [-0.2, 0) is 0 Å². The van der Waals surface area contributed by atoms with Crippen LogP contribution < -0.4 is 0 Å². The maximum Gasteiger partial charge on any atom is 0.0697 e. The molecule has 1 aliphatic carbocycles. The SMILES string of the molecule is CC1C=CC(Cl)C=CC1. The largest absolute Gasteiger partial charge is 0.114 e. The Hall–Kier alpha value is -0.230. The van der Waals surface area contributed by atoms with Gasteiger partial charge >= 0.3 is 0 Å². The molecule has 0 aromatic heterocycles. The third-order valence-electron chi connectivity index (χ3n) is 1.45. The van der Waals surface area contributed by atoms with Crippen molar-refractivity contribution in [2.45, 2.75) is 18.7 Å². The summed E-state index contributed by atoms with van der Waals surface area (Å²) >= 11 is 5.81. The summed E-state index contributed by atoms with van der Waals surface area (Å²) in [6.45, 7) is 2.19. The van der Waals surface area contributed by atoms with Gasteiger partial charge in [0.2, 0.25) is 0 Å². The normalized spacial score (nSPS) is 34.4. The van der Waals surface area contributed by atoms with Crippen molar-refractivity contribution in [3.63, 3.8) is 0 Å². The summed E-state index contributed by atoms with van der Waals surface area (Å²) in [6.07, 6.45) is 9.50. The molecule has 50 valence electrons. The molecule has 9 heavy (non-hydrogen) atoms. The summed E-state index contributed by atoms with van der Waals surface area (Å²) in [4.78, 5) is 0. The smallest absolute Gasteiger partial charge is 0.0697 e. The van der Waals surface area contributed by atoms with Crippen LogP contribution in [0.25, 0.3) is 0 Å². The molecule has 0 saturated heterocycles. The predicted molar refractivity (Wildman–Crippen MR) is 41.7 cm³/mol. The van der Waals surface area contributed by atoms with Crippen LogP contribution in [0, 0.1) is 5.92 Å². The van der Waals surface area contributed by atoms with E-state index in [9.17, 15) is 0 Å². The van der Waals surface area contributed by atoms with Gasteiger partial charge < -0.3 is 0 Å². The zero-order chi connectivity index (χ0) is 6.69. The Labute approximate surface area is 61.2 Å². The molecule has 0 fully saturated rings. The molecular formula is C8H11Cl. The fourth-order valence-corrected chi connectivity index (χ4v) is 1.05. The van der Waals surface area contributed by atoms with Gasteiger partial charge in [-0.25, -0.2) is 0 Å². The molecule has 0 bridgehead atoms. The molecule has 0 saturated carbocycles. The number of alkyl halides is 1. The fraction of sp³-hybridized carbons (Fsp3) is 0.500. The minimum absolute atomic E-state index is 0.120. The standard InChI is InChI=1S/C8H11Cl/c1-7-3-2-4-8(9)6-5-7/h2,4-8H,3H2,1H3. The van der Waals surface area contributed by atoms with Crippen LogP contribution in [0.1, 0.15) is 13.3 Å². The van der Waals surface area contributed by atoms with Crippen molar-refractivity contribution in [2.24, 2.45) is 5.92 Å². The third-order valence-corrected chi connectivity index (χ3v) is 1.74. The number of halogens is 1. The van der Waals surface area contributed by atoms with Gasteiger partial charge in [0.05, 0.1) is 5.38 Å². The van der Waals surface area contributed by atoms with Gasteiger partial charge in [-0.05, 0) is 12.3 Å². The Bertz CT molecular complexity index is 136. The van der Waals surface area contributed by atoms with Gasteiger partial charge in [-0.15, -0.1) is 11.6 Å². The van der Waals surface area contributed by atoms with Gasteiger partial charge in [-0.3, -0.25) is 0 Å². The second-order valence-electron chi connectivity index (χ2n) is 2.47. The highest BCUT2D eigenvalue weighted by molar-refractivity contribution is 6.23. The molecule has 0 nitrogen and oxygen atoms in total. The molecule has 0 aliphatic heterocycles. The van der Waals surface area contributed by atoms with Crippen LogP contribution in [0.5, 0.6) is 0 Å². The number of rotatable bonds is 0. The first-order valence-electron chi connectivity index (χ1n) is 3.28. The predicted octanol–water partition coefficient (Wildman–Crippen LogP) is 2.75. The highest BCUT2D eigenvalue weighted by Crippen LogP contribution is 2.13. The molecule has 1 rings (SSSR count). The van der Waals surface area contributed by atoms with E-state index in [0.717, 1.165) is 6.42 Å². The van der Waals surface area contributed by atoms with E-state index < -0.39 is 0 Å². The zero-order valence-corrected chi connectivity index (χ0v) is 6.31. The molecule has 0 aromatic carbocycles. The molecule has 1 aliphatic rings. The van der Waals surface area contributed by atoms with E-state index in [-0.39, 0.29) is 5.38 Å². The van der Waals surface area contributed by atoms with Crippen molar-refractivity contribution in [3.8, 4) is 0 Å². The number of hydrogen-bond acceptors (Lipinski definition) is 0. The van der Waals surface area contributed by atoms with Crippen LogP contribution in [0.3, 0.4) is 0 Å². The van der Waals surface area contributed by atoms with Gasteiger partial charge in [0.1, 0.15) is 0 Å². The average Bonchev–Trinajstić information content (AvgIpc) is 1.97. The minimum atomic E-state index is 0.120. The van der Waals surface area contributed by atoms with E-state index in [1.165, 1.54) is 0 Å². The highest BCUT2D eigenvalue weighted by Gasteiger charge is 2.00. The lowest BCUT2D eigenvalue weighted by molar-refractivity contribution is 0.747. The molecule has 2 unspecified atom stereocenters. The molecule has 1 heteroatoms. The Kier molecular flexibility index (Phi) is 2.35. The topological polar surface area (TPSA) is 0 Å². The van der Waals surface area contributed by atoms with E-state index in [2.05, 4.69) is 19.1 Å². The summed E-state index contributed by atoms with van der Waals surface area (Å²) in [5.74, 6) is 0.657. The first-order chi connectivity index (χ1) is 4.29.